The maximum atomic E-state index is 12.2. The van der Waals surface area contributed by atoms with E-state index in [0.717, 1.165) is 20.9 Å². The Morgan fingerprint density at radius 3 is 2.47 bits per heavy atom. The molecule has 2 aromatic heterocycles. The summed E-state index contributed by atoms with van der Waals surface area (Å²) in [5.41, 5.74) is 2.68. The first-order valence-corrected chi connectivity index (χ1v) is 6.67. The van der Waals surface area contributed by atoms with Crippen molar-refractivity contribution in [3.05, 3.63) is 63.4 Å². The lowest BCUT2D eigenvalue weighted by molar-refractivity contribution is 0.562. The molecular formula is C15H8BrNO2. The predicted molar refractivity (Wildman–Crippen MR) is 78.6 cm³/mol. The average Bonchev–Trinajstić information content (AvgIpc) is 2.74. The maximum Gasteiger partial charge on any atom is 0.362 e. The zero-order chi connectivity index (χ0) is 13.0. The van der Waals surface area contributed by atoms with Crippen LogP contribution in [0.2, 0.25) is 0 Å². The molecular weight excluding hydrogens is 306 g/mol. The van der Waals surface area contributed by atoms with E-state index in [9.17, 15) is 4.79 Å². The van der Waals surface area contributed by atoms with E-state index >= 15 is 0 Å². The van der Waals surface area contributed by atoms with Crippen LogP contribution in [0.5, 0.6) is 0 Å². The van der Waals surface area contributed by atoms with E-state index in [1.165, 1.54) is 0 Å². The maximum absolute atomic E-state index is 12.2. The van der Waals surface area contributed by atoms with Gasteiger partial charge in [0.15, 0.2) is 5.58 Å². The lowest BCUT2D eigenvalue weighted by Crippen LogP contribution is -2.04. The summed E-state index contributed by atoms with van der Waals surface area (Å²) in [5, 5.41) is 1.01. The molecule has 0 amide bonds. The fourth-order valence-corrected chi connectivity index (χ4v) is 3.18. The Labute approximate surface area is 116 Å². The normalized spacial score (nSPS) is 11.6. The van der Waals surface area contributed by atoms with Gasteiger partial charge in [0.1, 0.15) is 5.52 Å². The molecule has 0 saturated carbocycles. The topological polar surface area (TPSA) is 34.6 Å². The van der Waals surface area contributed by atoms with E-state index in [-0.39, 0.29) is 5.63 Å². The largest absolute Gasteiger partial charge is 0.420 e. The summed E-state index contributed by atoms with van der Waals surface area (Å²) in [7, 11) is 0. The van der Waals surface area contributed by atoms with Gasteiger partial charge in [0.25, 0.3) is 0 Å². The molecule has 0 aliphatic rings. The van der Waals surface area contributed by atoms with Crippen molar-refractivity contribution in [2.45, 2.75) is 0 Å². The number of fused-ring (bicyclic) bond motifs is 5. The molecule has 0 unspecified atom stereocenters. The van der Waals surface area contributed by atoms with Crippen molar-refractivity contribution in [3.63, 3.8) is 0 Å². The van der Waals surface area contributed by atoms with Crippen LogP contribution >= 0.6 is 15.9 Å². The Bertz CT molecular complexity index is 997. The number of para-hydroxylation sites is 3. The minimum absolute atomic E-state index is 0.332. The van der Waals surface area contributed by atoms with Crippen LogP contribution < -0.4 is 5.63 Å². The molecule has 2 heterocycles. The first-order valence-electron chi connectivity index (χ1n) is 5.88. The molecule has 0 spiro atoms. The zero-order valence-corrected chi connectivity index (χ0v) is 11.3. The van der Waals surface area contributed by atoms with E-state index in [4.69, 9.17) is 4.42 Å². The fraction of sp³-hybridized carbons (Fsp3) is 0. The Balaban J connectivity index is 2.49. The van der Waals surface area contributed by atoms with Crippen molar-refractivity contribution in [2.75, 3.05) is 0 Å². The number of benzene rings is 2. The Morgan fingerprint density at radius 1 is 0.947 bits per heavy atom. The lowest BCUT2D eigenvalue weighted by Gasteiger charge is -2.02. The van der Waals surface area contributed by atoms with Crippen LogP contribution in [0.3, 0.4) is 0 Å². The van der Waals surface area contributed by atoms with Crippen LogP contribution in [0.15, 0.2) is 62.2 Å². The highest BCUT2D eigenvalue weighted by molar-refractivity contribution is 9.10. The van der Waals surface area contributed by atoms with Crippen molar-refractivity contribution in [1.29, 1.82) is 0 Å². The van der Waals surface area contributed by atoms with Crippen LogP contribution in [0, 0.1) is 0 Å². The molecule has 4 rings (SSSR count). The summed E-state index contributed by atoms with van der Waals surface area (Å²) in [6.07, 6.45) is 0. The van der Waals surface area contributed by atoms with Gasteiger partial charge in [-0.25, -0.2) is 4.79 Å². The predicted octanol–water partition coefficient (Wildman–Crippen LogP) is 3.96. The first-order chi connectivity index (χ1) is 9.27. The summed E-state index contributed by atoms with van der Waals surface area (Å²) in [5.74, 6) is 0. The van der Waals surface area contributed by atoms with Crippen LogP contribution in [-0.4, -0.2) is 4.40 Å². The third-order valence-electron chi connectivity index (χ3n) is 3.32. The molecule has 2 aromatic carbocycles. The number of aromatic nitrogens is 1. The van der Waals surface area contributed by atoms with Gasteiger partial charge in [-0.15, -0.1) is 0 Å². The van der Waals surface area contributed by atoms with Gasteiger partial charge in [-0.05, 0) is 34.1 Å². The van der Waals surface area contributed by atoms with Gasteiger partial charge in [0.2, 0.25) is 0 Å². The molecule has 3 nitrogen and oxygen atoms in total. The van der Waals surface area contributed by atoms with Crippen molar-refractivity contribution >= 4 is 43.4 Å². The first kappa shape index (κ1) is 10.8. The molecule has 0 atom stereocenters. The van der Waals surface area contributed by atoms with Gasteiger partial charge < -0.3 is 4.42 Å². The molecule has 0 fully saturated rings. The minimum atomic E-state index is -0.332. The second-order valence-corrected chi connectivity index (χ2v) is 5.17. The molecule has 4 heteroatoms. The van der Waals surface area contributed by atoms with Crippen LogP contribution in [0.25, 0.3) is 27.5 Å². The van der Waals surface area contributed by atoms with Gasteiger partial charge in [0, 0.05) is 5.39 Å². The Kier molecular flexibility index (Phi) is 2.11. The molecule has 0 aliphatic carbocycles. The van der Waals surface area contributed by atoms with Crippen molar-refractivity contribution in [2.24, 2.45) is 0 Å². The number of hydrogen-bond donors (Lipinski definition) is 0. The monoisotopic (exact) mass is 313 g/mol. The third kappa shape index (κ3) is 1.35. The summed E-state index contributed by atoms with van der Waals surface area (Å²) >= 11 is 3.51. The summed E-state index contributed by atoms with van der Waals surface area (Å²) in [6, 6.07) is 15.5. The molecule has 0 aliphatic heterocycles. The molecule has 92 valence electrons. The Morgan fingerprint density at radius 2 is 1.63 bits per heavy atom. The van der Waals surface area contributed by atoms with E-state index < -0.39 is 0 Å². The lowest BCUT2D eigenvalue weighted by atomic mass is 10.2. The van der Waals surface area contributed by atoms with Gasteiger partial charge in [-0.3, -0.25) is 4.40 Å². The minimum Gasteiger partial charge on any atom is -0.420 e. The van der Waals surface area contributed by atoms with Crippen LogP contribution in [0.1, 0.15) is 0 Å². The summed E-state index contributed by atoms with van der Waals surface area (Å²) in [4.78, 5) is 12.2. The van der Waals surface area contributed by atoms with Gasteiger partial charge >= 0.3 is 5.63 Å². The van der Waals surface area contributed by atoms with Crippen molar-refractivity contribution in [1.82, 2.24) is 4.40 Å². The van der Waals surface area contributed by atoms with E-state index in [2.05, 4.69) is 15.9 Å². The van der Waals surface area contributed by atoms with E-state index in [1.54, 1.807) is 6.07 Å². The van der Waals surface area contributed by atoms with E-state index in [1.807, 2.05) is 46.9 Å². The molecule has 0 radical (unpaired) electrons. The van der Waals surface area contributed by atoms with Crippen LogP contribution in [-0.2, 0) is 0 Å². The molecule has 0 bridgehead atoms. The van der Waals surface area contributed by atoms with Crippen molar-refractivity contribution < 1.29 is 4.42 Å². The number of hydrogen-bond acceptors (Lipinski definition) is 2. The van der Waals surface area contributed by atoms with E-state index in [0.29, 0.717) is 11.1 Å². The molecule has 4 aromatic rings. The highest BCUT2D eigenvalue weighted by atomic mass is 79.9. The Hall–Kier alpha value is -2.07. The molecule has 0 N–H and O–H groups in total. The van der Waals surface area contributed by atoms with Gasteiger partial charge in [0.05, 0.1) is 15.5 Å². The van der Waals surface area contributed by atoms with Gasteiger partial charge in [-0.2, -0.15) is 0 Å². The third-order valence-corrected chi connectivity index (χ3v) is 4.12. The number of halogens is 1. The summed E-state index contributed by atoms with van der Waals surface area (Å²) < 4.78 is 8.10. The number of nitrogens with zero attached hydrogens (tertiary/aromatic N) is 1. The number of rotatable bonds is 0. The zero-order valence-electron chi connectivity index (χ0n) is 9.76. The second kappa shape index (κ2) is 3.71. The van der Waals surface area contributed by atoms with Crippen LogP contribution in [0.4, 0.5) is 0 Å². The highest BCUT2D eigenvalue weighted by Crippen LogP contribution is 2.31. The second-order valence-electron chi connectivity index (χ2n) is 4.37. The quantitative estimate of drug-likeness (QED) is 0.492. The molecule has 0 saturated heterocycles. The smallest absolute Gasteiger partial charge is 0.362 e. The van der Waals surface area contributed by atoms with Crippen molar-refractivity contribution in [3.8, 4) is 0 Å². The van der Waals surface area contributed by atoms with Gasteiger partial charge in [-0.1, -0.05) is 30.3 Å². The molecule has 19 heavy (non-hydrogen) atoms. The average molecular weight is 314 g/mol. The summed E-state index contributed by atoms with van der Waals surface area (Å²) in [6.45, 7) is 0. The standard InChI is InChI=1S/C15H8BrNO2/c16-13-9-5-1-2-6-10(9)17-11-7-3-4-8-12(11)19-15(18)14(13)17/h1-8H. The highest BCUT2D eigenvalue weighted by Gasteiger charge is 2.15. The SMILES string of the molecule is O=c1oc2ccccc2n2c1c(Br)c1ccccc12. The fourth-order valence-electron chi connectivity index (χ4n) is 2.51.